The summed E-state index contributed by atoms with van der Waals surface area (Å²) in [5.74, 6) is -12.6. The number of carbonyl (C=O) groups is 10. The highest BCUT2D eigenvalue weighted by atomic mass is 16.5. The van der Waals surface area contributed by atoms with Crippen molar-refractivity contribution in [3.63, 3.8) is 0 Å². The first-order valence-corrected chi connectivity index (χ1v) is 27.3. The van der Waals surface area contributed by atoms with Gasteiger partial charge in [0, 0.05) is 6.54 Å². The lowest BCUT2D eigenvalue weighted by atomic mass is 9.94. The van der Waals surface area contributed by atoms with Crippen LogP contribution in [0.25, 0.3) is 0 Å². The normalized spacial score (nSPS) is 25.4. The molecule has 1 aliphatic heterocycles. The molecular formula is C54H83N13O16. The number of rotatable bonds is 18. The number of benzene rings is 2. The van der Waals surface area contributed by atoms with Crippen molar-refractivity contribution in [3.05, 3.63) is 71.8 Å². The Morgan fingerprint density at radius 3 is 1.54 bits per heavy atom. The summed E-state index contributed by atoms with van der Waals surface area (Å²) in [5.41, 5.74) is 6.11. The van der Waals surface area contributed by atoms with Gasteiger partial charge in [-0.1, -0.05) is 109 Å². The molecule has 29 nitrogen and oxygen atoms in total. The van der Waals surface area contributed by atoms with Crippen molar-refractivity contribution < 1.29 is 78.2 Å². The van der Waals surface area contributed by atoms with Crippen molar-refractivity contribution in [2.45, 2.75) is 153 Å². The second-order valence-corrected chi connectivity index (χ2v) is 20.9. The van der Waals surface area contributed by atoms with Crippen LogP contribution in [0.15, 0.2) is 60.7 Å². The second-order valence-electron chi connectivity index (χ2n) is 20.9. The Bertz CT molecular complexity index is 2510. The van der Waals surface area contributed by atoms with E-state index >= 15 is 0 Å². The van der Waals surface area contributed by atoms with Crippen molar-refractivity contribution in [1.82, 2.24) is 58.5 Å². The minimum absolute atomic E-state index is 0.0359. The first kappa shape index (κ1) is 69.3. The first-order chi connectivity index (χ1) is 39.3. The Balaban J connectivity index is 2.31. The lowest BCUT2D eigenvalue weighted by Gasteiger charge is -2.33. The highest BCUT2D eigenvalue weighted by Gasteiger charge is 2.42. The number of amides is 10. The number of ether oxygens (including phenoxy) is 1. The molecule has 1 heterocycles. The van der Waals surface area contributed by atoms with Gasteiger partial charge in [-0.15, -0.1) is 0 Å². The Morgan fingerprint density at radius 1 is 0.590 bits per heavy atom. The van der Waals surface area contributed by atoms with E-state index in [1.165, 1.54) is 38.1 Å². The molecule has 460 valence electrons. The quantitative estimate of drug-likeness (QED) is 0.0382. The molecule has 0 bridgehead atoms. The zero-order valence-corrected chi connectivity index (χ0v) is 47.6. The summed E-state index contributed by atoms with van der Waals surface area (Å²) in [6.45, 7) is 7.08. The number of guanidine groups is 1. The lowest BCUT2D eigenvalue weighted by molar-refractivity contribution is -0.139. The van der Waals surface area contributed by atoms with Crippen molar-refractivity contribution in [2.24, 2.45) is 23.5 Å². The molecule has 1 saturated heterocycles. The minimum Gasteiger partial charge on any atom is -0.445 e. The average molecular weight is 1170 g/mol. The molecule has 0 aliphatic carbocycles. The van der Waals surface area contributed by atoms with Crippen LogP contribution >= 0.6 is 0 Å². The number of nitrogens with two attached hydrogens (primary N) is 1. The molecule has 0 spiro atoms. The lowest BCUT2D eigenvalue weighted by Crippen LogP contribution is -2.64. The zero-order chi connectivity index (χ0) is 62.1. The van der Waals surface area contributed by atoms with Crippen LogP contribution in [-0.2, 0) is 54.5 Å². The highest BCUT2D eigenvalue weighted by Crippen LogP contribution is 2.20. The van der Waals surface area contributed by atoms with E-state index < -0.39 is 170 Å². The van der Waals surface area contributed by atoms with Gasteiger partial charge in [-0.3, -0.25) is 48.6 Å². The van der Waals surface area contributed by atoms with Crippen LogP contribution in [0, 0.1) is 23.2 Å². The summed E-state index contributed by atoms with van der Waals surface area (Å²) in [4.78, 5) is 142. The molecule has 83 heavy (non-hydrogen) atoms. The summed E-state index contributed by atoms with van der Waals surface area (Å²) in [5, 5.41) is 87.8. The highest BCUT2D eigenvalue weighted by molar-refractivity contribution is 5.99. The number of aliphatic hydroxyl groups is 5. The molecule has 0 radical (unpaired) electrons. The molecule has 29 heteroatoms. The topological polar surface area (TPSA) is 463 Å². The van der Waals surface area contributed by atoms with Gasteiger partial charge >= 0.3 is 6.09 Å². The summed E-state index contributed by atoms with van der Waals surface area (Å²) in [6, 6.07) is -1.94. The van der Waals surface area contributed by atoms with E-state index in [4.69, 9.17) is 15.9 Å². The molecule has 19 N–H and O–H groups in total. The molecule has 2 aromatic rings. The van der Waals surface area contributed by atoms with Crippen LogP contribution in [0.2, 0.25) is 0 Å². The third-order valence-corrected chi connectivity index (χ3v) is 13.4. The number of nitrogens with one attached hydrogen (secondary N) is 12. The molecule has 1 aliphatic rings. The average Bonchev–Trinajstić information content (AvgIpc) is 3.66. The summed E-state index contributed by atoms with van der Waals surface area (Å²) < 4.78 is 5.46. The van der Waals surface area contributed by atoms with Crippen molar-refractivity contribution in [2.75, 3.05) is 26.4 Å². The summed E-state index contributed by atoms with van der Waals surface area (Å²) in [6.07, 6.45) is -4.59. The van der Waals surface area contributed by atoms with Crippen LogP contribution in [-0.4, -0.2) is 184 Å². The maximum atomic E-state index is 15.0. The van der Waals surface area contributed by atoms with Crippen LogP contribution in [0.3, 0.4) is 0 Å². The standard InChI is InChI=1S/C54H83N13O16/c1-8-29(6)38-49(78)64-39(30(7)71)50(79)62-36(24-69)47(76)60-35(23-68)46(75)61-37(25-70)48(77)65-40(32-18-13-10-14-19-32)41(67-54(82)83-26-31-16-11-9-12-17-31)51(80)66-42(43(72)28(4)5)52(81)59-34(22-27(2)3)45(74)58-33(44(73)63-38)20-15-21-57-53(55)56/h9-14,16-19,27-30,33-43,68-72H,8,15,20-26H2,1-7H3,(H,58,74)(H,59,81)(H,60,76)(H,61,75)(H,62,79)(H,63,73)(H,64,78)(H,65,77)(H,66,80)(H,67,82)(H4,55,56,57)/t29-,30-,33+,34-,35-,36+,37?,38-,39-,40+,41-,42-,43+/m0/s1. The maximum Gasteiger partial charge on any atom is 0.408 e. The molecular weight excluding hydrogens is 1090 g/mol. The monoisotopic (exact) mass is 1170 g/mol. The van der Waals surface area contributed by atoms with Crippen LogP contribution in [0.5, 0.6) is 0 Å². The Labute approximate surface area is 481 Å². The van der Waals surface area contributed by atoms with Gasteiger partial charge < -0.3 is 94.5 Å². The number of alkyl carbamates (subject to hydrolysis) is 1. The zero-order valence-electron chi connectivity index (χ0n) is 47.6. The number of carbonyl (C=O) groups excluding carboxylic acids is 10. The van der Waals surface area contributed by atoms with Crippen LogP contribution < -0.4 is 64.2 Å². The molecule has 0 aromatic heterocycles. The third kappa shape index (κ3) is 22.0. The van der Waals surface area contributed by atoms with Crippen molar-refractivity contribution in [3.8, 4) is 0 Å². The van der Waals surface area contributed by atoms with E-state index in [1.54, 1.807) is 64.1 Å². The first-order valence-electron chi connectivity index (χ1n) is 27.3. The number of aliphatic hydroxyl groups excluding tert-OH is 5. The smallest absolute Gasteiger partial charge is 0.408 e. The van der Waals surface area contributed by atoms with Gasteiger partial charge in [-0.25, -0.2) is 4.79 Å². The van der Waals surface area contributed by atoms with E-state index in [9.17, 15) is 73.5 Å². The molecule has 2 aromatic carbocycles. The second kappa shape index (κ2) is 34.5. The summed E-state index contributed by atoms with van der Waals surface area (Å²) in [7, 11) is 0. The third-order valence-electron chi connectivity index (χ3n) is 13.4. The van der Waals surface area contributed by atoms with Gasteiger partial charge in [0.05, 0.1) is 38.1 Å². The van der Waals surface area contributed by atoms with Gasteiger partial charge in [0.25, 0.3) is 0 Å². The number of hydrogen-bond donors (Lipinski definition) is 18. The van der Waals surface area contributed by atoms with E-state index in [-0.39, 0.29) is 50.3 Å². The van der Waals surface area contributed by atoms with Crippen molar-refractivity contribution >= 4 is 65.2 Å². The van der Waals surface area contributed by atoms with Crippen LogP contribution in [0.4, 0.5) is 4.79 Å². The van der Waals surface area contributed by atoms with Gasteiger partial charge in [0.2, 0.25) is 53.2 Å². The fourth-order valence-corrected chi connectivity index (χ4v) is 8.43. The molecule has 3 rings (SSSR count). The van der Waals surface area contributed by atoms with Crippen LogP contribution in [0.1, 0.15) is 91.3 Å². The molecule has 1 unspecified atom stereocenters. The Hall–Kier alpha value is -7.99. The fraction of sp³-hybridized carbons (Fsp3) is 0.574. The fourth-order valence-electron chi connectivity index (χ4n) is 8.43. The van der Waals surface area contributed by atoms with Gasteiger partial charge in [-0.2, -0.15) is 0 Å². The largest absolute Gasteiger partial charge is 0.445 e. The number of hydrogen-bond acceptors (Lipinski definition) is 17. The minimum atomic E-state index is -1.99. The van der Waals surface area contributed by atoms with E-state index in [0.29, 0.717) is 5.56 Å². The van der Waals surface area contributed by atoms with E-state index in [1.807, 2.05) is 0 Å². The SMILES string of the molecule is CC[C@H](C)[C@@H]1NC(=O)[C@@H](CCCNC(=N)N)NC(=O)[C@H](CC(C)C)NC(=O)[C@H]([C@H](O)C(C)C)NC(=O)[C@@H](NC(=O)OCc2ccccc2)[C@@H](c2ccccc2)NC(=O)C(CO)NC(=O)[C@H](CO)NC(=O)[C@@H](CO)NC(=O)[C@H]([C@H](C)O)NC1=O. The predicted octanol–water partition coefficient (Wildman–Crippen LogP) is -4.24. The molecule has 10 amide bonds. The van der Waals surface area contributed by atoms with E-state index in [0.717, 1.165) is 6.92 Å². The Morgan fingerprint density at radius 2 is 1.04 bits per heavy atom. The van der Waals surface area contributed by atoms with Gasteiger partial charge in [0.15, 0.2) is 5.96 Å². The predicted molar refractivity (Wildman–Crippen MR) is 298 cm³/mol. The van der Waals surface area contributed by atoms with Gasteiger partial charge in [-0.05, 0) is 55.1 Å². The van der Waals surface area contributed by atoms with Gasteiger partial charge in [0.1, 0.15) is 61.0 Å². The molecule has 1 fully saturated rings. The Kier molecular flexibility index (Phi) is 28.8. The molecule has 13 atom stereocenters. The molecule has 0 saturated carbocycles. The summed E-state index contributed by atoms with van der Waals surface area (Å²) >= 11 is 0. The maximum absolute atomic E-state index is 15.0. The van der Waals surface area contributed by atoms with Crippen molar-refractivity contribution in [1.29, 1.82) is 5.41 Å². The van der Waals surface area contributed by atoms with E-state index in [2.05, 4.69) is 58.5 Å².